The second kappa shape index (κ2) is 7.21. The summed E-state index contributed by atoms with van der Waals surface area (Å²) in [5.74, 6) is 0. The Balaban J connectivity index is 2.47. The molecule has 0 spiro atoms. The van der Waals surface area contributed by atoms with Crippen LogP contribution in [0.5, 0.6) is 0 Å². The number of rotatable bonds is 2. The Morgan fingerprint density at radius 3 is 1.47 bits per heavy atom. The van der Waals surface area contributed by atoms with Crippen LogP contribution in [0.25, 0.3) is 0 Å². The third-order valence-corrected chi connectivity index (χ3v) is 2.89. The van der Waals surface area contributed by atoms with Gasteiger partial charge in [-0.2, -0.15) is 0 Å². The molecular formula is C13H26N4O2. The van der Waals surface area contributed by atoms with Crippen LogP contribution in [-0.2, 0) is 0 Å². The summed E-state index contributed by atoms with van der Waals surface area (Å²) < 4.78 is 0. The number of nitrogens with one attached hydrogen (secondary N) is 2. The molecule has 19 heavy (non-hydrogen) atoms. The summed E-state index contributed by atoms with van der Waals surface area (Å²) in [5.41, 5.74) is 0. The SMILES string of the molecule is CC(C)NC(=O)N1CCCN(C(=O)NC(C)C)CC1. The van der Waals surface area contributed by atoms with Crippen LogP contribution in [0.4, 0.5) is 9.59 Å². The van der Waals surface area contributed by atoms with E-state index in [4.69, 9.17) is 0 Å². The van der Waals surface area contributed by atoms with Crippen molar-refractivity contribution in [1.82, 2.24) is 20.4 Å². The molecule has 0 bridgehead atoms. The van der Waals surface area contributed by atoms with Gasteiger partial charge in [0.25, 0.3) is 0 Å². The molecule has 0 aromatic rings. The second-order valence-electron chi connectivity index (χ2n) is 5.54. The van der Waals surface area contributed by atoms with Crippen LogP contribution in [0.3, 0.4) is 0 Å². The third-order valence-electron chi connectivity index (χ3n) is 2.89. The van der Waals surface area contributed by atoms with E-state index in [9.17, 15) is 9.59 Å². The number of carbonyl (C=O) groups is 2. The summed E-state index contributed by atoms with van der Waals surface area (Å²) in [5, 5.41) is 5.77. The van der Waals surface area contributed by atoms with E-state index in [1.807, 2.05) is 27.7 Å². The summed E-state index contributed by atoms with van der Waals surface area (Å²) in [4.78, 5) is 27.4. The van der Waals surface area contributed by atoms with Crippen LogP contribution in [0, 0.1) is 0 Å². The van der Waals surface area contributed by atoms with E-state index < -0.39 is 0 Å². The molecule has 0 aliphatic carbocycles. The van der Waals surface area contributed by atoms with Gasteiger partial charge in [0.15, 0.2) is 0 Å². The fourth-order valence-corrected chi connectivity index (χ4v) is 2.00. The topological polar surface area (TPSA) is 64.7 Å². The fraction of sp³-hybridized carbons (Fsp3) is 0.846. The standard InChI is InChI=1S/C13H26N4O2/c1-10(2)14-12(18)16-6-5-7-17(9-8-16)13(19)15-11(3)4/h10-11H,5-9H2,1-4H3,(H,14,18)(H,15,19). The van der Waals surface area contributed by atoms with Crippen molar-refractivity contribution in [3.63, 3.8) is 0 Å². The summed E-state index contributed by atoms with van der Waals surface area (Å²) in [6.07, 6.45) is 0.816. The molecule has 4 amide bonds. The van der Waals surface area contributed by atoms with Gasteiger partial charge in [-0.25, -0.2) is 9.59 Å². The van der Waals surface area contributed by atoms with Gasteiger partial charge in [-0.3, -0.25) is 0 Å². The molecule has 6 heteroatoms. The van der Waals surface area contributed by atoms with Crippen LogP contribution >= 0.6 is 0 Å². The van der Waals surface area contributed by atoms with Gasteiger partial charge in [-0.1, -0.05) is 0 Å². The van der Waals surface area contributed by atoms with Crippen LogP contribution in [0.1, 0.15) is 34.1 Å². The number of nitrogens with zero attached hydrogens (tertiary/aromatic N) is 2. The van der Waals surface area contributed by atoms with Gasteiger partial charge in [0.2, 0.25) is 0 Å². The summed E-state index contributed by atoms with van der Waals surface area (Å²) >= 11 is 0. The minimum Gasteiger partial charge on any atom is -0.336 e. The molecule has 0 atom stereocenters. The molecule has 1 aliphatic heterocycles. The summed E-state index contributed by atoms with van der Waals surface area (Å²) in [7, 11) is 0. The first-order chi connectivity index (χ1) is 8.90. The number of amides is 4. The van der Waals surface area contributed by atoms with Crippen LogP contribution in [-0.4, -0.2) is 60.1 Å². The molecule has 1 saturated heterocycles. The van der Waals surface area contributed by atoms with Crippen LogP contribution in [0.15, 0.2) is 0 Å². The molecule has 0 radical (unpaired) electrons. The first-order valence-electron chi connectivity index (χ1n) is 7.01. The number of hydrogen-bond acceptors (Lipinski definition) is 2. The zero-order chi connectivity index (χ0) is 14.4. The van der Waals surface area contributed by atoms with Crippen molar-refractivity contribution >= 4 is 12.1 Å². The van der Waals surface area contributed by atoms with Gasteiger partial charge >= 0.3 is 12.1 Å². The Hall–Kier alpha value is -1.46. The molecule has 0 aromatic carbocycles. The molecule has 2 N–H and O–H groups in total. The average molecular weight is 270 g/mol. The highest BCUT2D eigenvalue weighted by molar-refractivity contribution is 5.76. The van der Waals surface area contributed by atoms with Gasteiger partial charge in [0, 0.05) is 38.3 Å². The predicted octanol–water partition coefficient (Wildman–Crippen LogP) is 1.23. The van der Waals surface area contributed by atoms with Gasteiger partial charge < -0.3 is 20.4 Å². The van der Waals surface area contributed by atoms with E-state index in [0.29, 0.717) is 26.2 Å². The molecule has 1 heterocycles. The van der Waals surface area contributed by atoms with E-state index in [2.05, 4.69) is 10.6 Å². The Kier molecular flexibility index (Phi) is 5.92. The fourth-order valence-electron chi connectivity index (χ4n) is 2.00. The smallest absolute Gasteiger partial charge is 0.317 e. The minimum absolute atomic E-state index is 0.0406. The van der Waals surface area contributed by atoms with E-state index in [1.165, 1.54) is 0 Å². The van der Waals surface area contributed by atoms with Crippen molar-refractivity contribution in [2.75, 3.05) is 26.2 Å². The van der Waals surface area contributed by atoms with Crippen LogP contribution < -0.4 is 10.6 Å². The van der Waals surface area contributed by atoms with Crippen molar-refractivity contribution in [1.29, 1.82) is 0 Å². The van der Waals surface area contributed by atoms with Gasteiger partial charge in [-0.05, 0) is 34.1 Å². The van der Waals surface area contributed by atoms with E-state index in [1.54, 1.807) is 9.80 Å². The largest absolute Gasteiger partial charge is 0.336 e. The molecular weight excluding hydrogens is 244 g/mol. The molecule has 0 saturated carbocycles. The second-order valence-corrected chi connectivity index (χ2v) is 5.54. The van der Waals surface area contributed by atoms with Crippen molar-refractivity contribution in [2.24, 2.45) is 0 Å². The van der Waals surface area contributed by atoms with E-state index in [-0.39, 0.29) is 24.1 Å². The molecule has 6 nitrogen and oxygen atoms in total. The number of urea groups is 2. The lowest BCUT2D eigenvalue weighted by Crippen LogP contribution is -2.46. The maximum atomic E-state index is 11.9. The lowest BCUT2D eigenvalue weighted by atomic mass is 10.3. The van der Waals surface area contributed by atoms with Crippen molar-refractivity contribution < 1.29 is 9.59 Å². The number of hydrogen-bond donors (Lipinski definition) is 2. The maximum absolute atomic E-state index is 11.9. The van der Waals surface area contributed by atoms with Crippen molar-refractivity contribution in [3.8, 4) is 0 Å². The lowest BCUT2D eigenvalue weighted by Gasteiger charge is -2.24. The van der Waals surface area contributed by atoms with Crippen LogP contribution in [0.2, 0.25) is 0 Å². The quantitative estimate of drug-likeness (QED) is 0.792. The molecule has 1 aliphatic rings. The Morgan fingerprint density at radius 2 is 1.16 bits per heavy atom. The molecule has 0 aromatic heterocycles. The normalized spacial score (nSPS) is 16.5. The predicted molar refractivity (Wildman–Crippen MR) is 75.1 cm³/mol. The van der Waals surface area contributed by atoms with Crippen molar-refractivity contribution in [3.05, 3.63) is 0 Å². The first-order valence-corrected chi connectivity index (χ1v) is 7.01. The average Bonchev–Trinajstić information content (AvgIpc) is 2.52. The summed E-state index contributed by atoms with van der Waals surface area (Å²) in [6.45, 7) is 10.3. The van der Waals surface area contributed by atoms with Gasteiger partial charge in [-0.15, -0.1) is 0 Å². The minimum atomic E-state index is -0.0406. The molecule has 1 fully saturated rings. The zero-order valence-electron chi connectivity index (χ0n) is 12.4. The molecule has 0 unspecified atom stereocenters. The van der Waals surface area contributed by atoms with Gasteiger partial charge in [0.05, 0.1) is 0 Å². The number of carbonyl (C=O) groups excluding carboxylic acids is 2. The zero-order valence-corrected chi connectivity index (χ0v) is 12.4. The maximum Gasteiger partial charge on any atom is 0.317 e. The Morgan fingerprint density at radius 1 is 0.789 bits per heavy atom. The monoisotopic (exact) mass is 270 g/mol. The van der Waals surface area contributed by atoms with E-state index in [0.717, 1.165) is 6.42 Å². The molecule has 110 valence electrons. The molecule has 1 rings (SSSR count). The van der Waals surface area contributed by atoms with Gasteiger partial charge in [0.1, 0.15) is 0 Å². The Labute approximate surface area is 115 Å². The lowest BCUT2D eigenvalue weighted by molar-refractivity contribution is 0.188. The van der Waals surface area contributed by atoms with Crippen molar-refractivity contribution in [2.45, 2.75) is 46.2 Å². The summed E-state index contributed by atoms with van der Waals surface area (Å²) in [6, 6.07) is 0.189. The first kappa shape index (κ1) is 15.6. The van der Waals surface area contributed by atoms with E-state index >= 15 is 0 Å². The Bertz CT molecular complexity index is 288. The third kappa shape index (κ3) is 5.36. The highest BCUT2D eigenvalue weighted by Crippen LogP contribution is 2.04. The highest BCUT2D eigenvalue weighted by atomic mass is 16.2. The highest BCUT2D eigenvalue weighted by Gasteiger charge is 2.22.